The van der Waals surface area contributed by atoms with Gasteiger partial charge in [-0.1, -0.05) is 0 Å². The van der Waals surface area contributed by atoms with E-state index in [9.17, 15) is 9.59 Å². The Morgan fingerprint density at radius 1 is 0.611 bits per heavy atom. The van der Waals surface area contributed by atoms with Crippen molar-refractivity contribution in [2.24, 2.45) is 0 Å². The summed E-state index contributed by atoms with van der Waals surface area (Å²) in [7, 11) is -15.5. The van der Waals surface area contributed by atoms with Crippen LogP contribution in [-0.4, -0.2) is 139 Å². The van der Waals surface area contributed by atoms with Gasteiger partial charge in [0.05, 0.1) is 25.4 Å². The van der Waals surface area contributed by atoms with Crippen molar-refractivity contribution in [2.75, 3.05) is 13.2 Å². The van der Waals surface area contributed by atoms with E-state index in [1.165, 1.54) is 6.92 Å². The number of rotatable bonds is 23. The van der Waals surface area contributed by atoms with Crippen LogP contribution >= 0.6 is 0 Å². The minimum absolute atomic E-state index is 0.247. The first kappa shape index (κ1) is 52.3. The molecule has 0 spiro atoms. The molecule has 320 valence electrons. The zero-order valence-electron chi connectivity index (χ0n) is 38.2. The Morgan fingerprint density at radius 3 is 1.46 bits per heavy atom. The molecule has 54 heavy (non-hydrogen) atoms. The average molecular weight is 889 g/mol. The van der Waals surface area contributed by atoms with Crippen molar-refractivity contribution in [3.63, 3.8) is 0 Å². The summed E-state index contributed by atoms with van der Waals surface area (Å²) in [4.78, 5) is 26.4. The van der Waals surface area contributed by atoms with Crippen molar-refractivity contribution in [1.82, 2.24) is 5.32 Å². The lowest BCUT2D eigenvalue weighted by Crippen LogP contribution is -2.70. The Labute approximate surface area is 337 Å². The van der Waals surface area contributed by atoms with Gasteiger partial charge in [0.15, 0.2) is 64.5 Å². The molecule has 1 fully saturated rings. The normalized spacial score (nSPS) is 24.8. The second-order valence-corrected chi connectivity index (χ2v) is 52.7. The van der Waals surface area contributed by atoms with Crippen molar-refractivity contribution in [2.45, 2.75) is 199 Å². The maximum atomic E-state index is 13.3. The molecule has 0 saturated carbocycles. The Bertz CT molecular complexity index is 1170. The molecule has 0 aromatic carbocycles. The predicted molar refractivity (Wildman–Crippen MR) is 237 cm³/mol. The number of nitrogens with one attached hydrogen (secondary N) is 1. The van der Waals surface area contributed by atoms with E-state index in [2.05, 4.69) is 123 Å². The summed E-state index contributed by atoms with van der Waals surface area (Å²) in [5.74, 6) is -0.273. The molecule has 12 nitrogen and oxygen atoms in total. The number of hydrogen-bond donors (Lipinski definition) is 1. The lowest BCUT2D eigenvalue weighted by molar-refractivity contribution is -0.292. The van der Waals surface area contributed by atoms with Crippen LogP contribution in [-0.2, 0) is 50.0 Å². The van der Waals surface area contributed by atoms with Gasteiger partial charge < -0.3 is 50.6 Å². The fourth-order valence-corrected chi connectivity index (χ4v) is 12.5. The number of carbonyl (C=O) groups excluding carboxylic acids is 2. The SMILES string of the molecule is CC(=O)N[C@H]1[C@H](O[C@@H]([C@@H](O[Si](C)(C)C)[C@@H](CO[Si](C)(C)C)O[Si](C)(C)C)[C@H](C=O)O[Si](C)(C)C)O[C@H](CO[Si](C)(C)C)[C@H](O[Si](C)(C)C)[C@@H]1O[Si](C)(C)C. The lowest BCUT2D eigenvalue weighted by atomic mass is 9.96. The van der Waals surface area contributed by atoms with E-state index in [1.807, 2.05) is 19.6 Å². The fraction of sp³-hybridized carbons (Fsp3) is 0.943. The lowest BCUT2D eigenvalue weighted by Gasteiger charge is -2.51. The Morgan fingerprint density at radius 2 is 1.07 bits per heavy atom. The van der Waals surface area contributed by atoms with E-state index in [-0.39, 0.29) is 19.1 Å². The minimum atomic E-state index is -2.36. The van der Waals surface area contributed by atoms with E-state index in [0.29, 0.717) is 0 Å². The van der Waals surface area contributed by atoms with Crippen LogP contribution in [0.5, 0.6) is 0 Å². The van der Waals surface area contributed by atoms with Gasteiger partial charge in [0.25, 0.3) is 0 Å². The quantitative estimate of drug-likeness (QED) is 0.0805. The van der Waals surface area contributed by atoms with Gasteiger partial charge in [0.2, 0.25) is 5.91 Å². The first-order valence-corrected chi connectivity index (χ1v) is 43.4. The molecule has 1 aliphatic rings. The van der Waals surface area contributed by atoms with Gasteiger partial charge in [0, 0.05) is 6.92 Å². The van der Waals surface area contributed by atoms with Gasteiger partial charge >= 0.3 is 0 Å². The van der Waals surface area contributed by atoms with Crippen LogP contribution in [0.3, 0.4) is 0 Å². The summed E-state index contributed by atoms with van der Waals surface area (Å²) >= 11 is 0. The molecule has 1 rings (SSSR count). The van der Waals surface area contributed by atoms with Crippen molar-refractivity contribution in [1.29, 1.82) is 0 Å². The zero-order valence-corrected chi connectivity index (χ0v) is 45.2. The maximum absolute atomic E-state index is 13.3. The smallest absolute Gasteiger partial charge is 0.217 e. The van der Waals surface area contributed by atoms with E-state index >= 15 is 0 Å². The average Bonchev–Trinajstić information content (AvgIpc) is 2.89. The van der Waals surface area contributed by atoms with Crippen molar-refractivity contribution in [3.8, 4) is 0 Å². The third-order valence-electron chi connectivity index (χ3n) is 7.28. The Kier molecular flexibility index (Phi) is 19.4. The molecule has 19 heteroatoms. The molecule has 1 heterocycles. The first-order chi connectivity index (χ1) is 23.9. The van der Waals surface area contributed by atoms with Gasteiger partial charge in [-0.15, -0.1) is 0 Å². The maximum Gasteiger partial charge on any atom is 0.217 e. The van der Waals surface area contributed by atoms with Gasteiger partial charge in [-0.3, -0.25) is 4.79 Å². The summed E-state index contributed by atoms with van der Waals surface area (Å²) < 4.78 is 61.7. The number of aldehydes is 1. The Hall–Kier alpha value is 0.298. The molecular formula is C35H81NO11Si7. The van der Waals surface area contributed by atoms with Crippen LogP contribution in [0, 0.1) is 0 Å². The largest absolute Gasteiger partial charge is 0.415 e. The Balaban J connectivity index is 4.21. The summed E-state index contributed by atoms with van der Waals surface area (Å²) in [6.07, 6.45) is -5.50. The predicted octanol–water partition coefficient (Wildman–Crippen LogP) is 7.60. The highest BCUT2D eigenvalue weighted by Crippen LogP contribution is 2.35. The molecule has 9 atom stereocenters. The van der Waals surface area contributed by atoms with Crippen molar-refractivity contribution >= 4 is 70.4 Å². The molecule has 0 aromatic rings. The summed E-state index contributed by atoms with van der Waals surface area (Å²) in [5.41, 5.74) is 0. The highest BCUT2D eigenvalue weighted by Gasteiger charge is 2.54. The number of carbonyl (C=O) groups is 2. The molecule has 1 saturated heterocycles. The van der Waals surface area contributed by atoms with Gasteiger partial charge in [0.1, 0.15) is 42.8 Å². The monoisotopic (exact) mass is 887 g/mol. The fourth-order valence-electron chi connectivity index (χ4n) is 5.79. The summed E-state index contributed by atoms with van der Waals surface area (Å²) in [5, 5.41) is 3.14. The van der Waals surface area contributed by atoms with Crippen molar-refractivity contribution < 1.29 is 50.0 Å². The summed E-state index contributed by atoms with van der Waals surface area (Å²) in [6, 6.07) is -0.803. The van der Waals surface area contributed by atoms with Crippen LogP contribution in [0.15, 0.2) is 0 Å². The molecule has 0 radical (unpaired) electrons. The molecule has 1 amide bonds. The van der Waals surface area contributed by atoms with Crippen LogP contribution in [0.2, 0.25) is 137 Å². The van der Waals surface area contributed by atoms with Crippen LogP contribution < -0.4 is 5.32 Å². The highest BCUT2D eigenvalue weighted by molar-refractivity contribution is 6.72. The van der Waals surface area contributed by atoms with Gasteiger partial charge in [-0.25, -0.2) is 0 Å². The molecule has 0 aromatic heterocycles. The molecule has 1 aliphatic heterocycles. The molecule has 0 unspecified atom stereocenters. The first-order valence-electron chi connectivity index (χ1n) is 19.6. The van der Waals surface area contributed by atoms with Crippen molar-refractivity contribution in [3.05, 3.63) is 0 Å². The molecule has 0 bridgehead atoms. The minimum Gasteiger partial charge on any atom is -0.415 e. The summed E-state index contributed by atoms with van der Waals surface area (Å²) in [6.45, 7) is 46.3. The molecular weight excluding hydrogens is 807 g/mol. The van der Waals surface area contributed by atoms with E-state index < -0.39 is 113 Å². The number of hydrogen-bond acceptors (Lipinski definition) is 11. The van der Waals surface area contributed by atoms with Gasteiger partial charge in [-0.2, -0.15) is 0 Å². The second-order valence-electron chi connectivity index (χ2n) is 21.4. The zero-order chi connectivity index (χ0) is 42.5. The van der Waals surface area contributed by atoms with E-state index in [4.69, 9.17) is 40.5 Å². The van der Waals surface area contributed by atoms with E-state index in [0.717, 1.165) is 6.29 Å². The molecule has 0 aliphatic carbocycles. The second kappa shape index (κ2) is 20.0. The molecule has 1 N–H and O–H groups in total. The third kappa shape index (κ3) is 21.9. The van der Waals surface area contributed by atoms with Gasteiger partial charge in [-0.05, 0) is 137 Å². The van der Waals surface area contributed by atoms with Crippen LogP contribution in [0.4, 0.5) is 0 Å². The number of amides is 1. The third-order valence-corrected chi connectivity index (χ3v) is 14.3. The number of ether oxygens (including phenoxy) is 2. The topological polar surface area (TPSA) is 129 Å². The van der Waals surface area contributed by atoms with E-state index in [1.54, 1.807) is 0 Å². The standard InChI is InChI=1S/C35H81NO11Si7/c1-26(38)36-30-34(47-54(20,21)22)32(45-52(14,15)16)28(24-39-48(2,3)4)41-35(30)42-31(27(23-37)43-50(8,9)10)33(46-53(17,18)19)29(44-51(11,12)13)25-40-49(5,6)7/h23,27-35H,24-25H2,1-22H3,(H,36,38)/t27-,28+,29+,30+,31+,32-,33-,34+,35-/m0/s1. The van der Waals surface area contributed by atoms with Crippen LogP contribution in [0.1, 0.15) is 6.92 Å². The highest BCUT2D eigenvalue weighted by atomic mass is 28.4. The van der Waals surface area contributed by atoms with Crippen LogP contribution in [0.25, 0.3) is 0 Å².